The molecule has 0 aliphatic carbocycles. The lowest BCUT2D eigenvalue weighted by Crippen LogP contribution is -2.01. The molecule has 28 heavy (non-hydrogen) atoms. The van der Waals surface area contributed by atoms with Gasteiger partial charge in [-0.3, -0.25) is 0 Å². The molecular weight excluding hydrogens is 506 g/mol. The first-order valence-corrected chi connectivity index (χ1v) is 10.8. The van der Waals surface area contributed by atoms with Gasteiger partial charge in [0.15, 0.2) is 0 Å². The van der Waals surface area contributed by atoms with Gasteiger partial charge in [-0.1, -0.05) is 65.5 Å². The van der Waals surface area contributed by atoms with Crippen molar-refractivity contribution < 1.29 is 9.47 Å². The molecule has 0 amide bonds. The minimum atomic E-state index is 0.186. The Morgan fingerprint density at radius 2 is 1.61 bits per heavy atom. The summed E-state index contributed by atoms with van der Waals surface area (Å²) in [5.41, 5.74) is 3.53. The molecule has 2 aromatic carbocycles. The Morgan fingerprint density at radius 3 is 2.18 bits per heavy atom. The number of halogens is 5. The smallest absolute Gasteiger partial charge is 0.133 e. The first kappa shape index (κ1) is 23.4. The molecular formula is C21H19BrCl4O2. The molecule has 0 N–H and O–H groups in total. The maximum Gasteiger partial charge on any atom is 0.133 e. The molecule has 0 aliphatic rings. The van der Waals surface area contributed by atoms with Gasteiger partial charge < -0.3 is 9.47 Å². The Balaban J connectivity index is 2.12. The molecule has 0 saturated carbocycles. The summed E-state index contributed by atoms with van der Waals surface area (Å²) < 4.78 is 12.5. The zero-order valence-corrected chi connectivity index (χ0v) is 19.9. The molecule has 1 atom stereocenters. The summed E-state index contributed by atoms with van der Waals surface area (Å²) in [6.45, 7) is 4.87. The second kappa shape index (κ2) is 11.4. The van der Waals surface area contributed by atoms with Gasteiger partial charge >= 0.3 is 0 Å². The molecule has 0 heterocycles. The summed E-state index contributed by atoms with van der Waals surface area (Å²) in [6.07, 6.45) is 3.20. The van der Waals surface area contributed by atoms with Gasteiger partial charge in [0.05, 0.1) is 4.47 Å². The highest BCUT2D eigenvalue weighted by molar-refractivity contribution is 9.10. The van der Waals surface area contributed by atoms with Crippen molar-refractivity contribution in [2.45, 2.75) is 19.8 Å². The monoisotopic (exact) mass is 522 g/mol. The van der Waals surface area contributed by atoms with Crippen molar-refractivity contribution in [3.63, 3.8) is 0 Å². The van der Waals surface area contributed by atoms with Crippen LogP contribution in [0.25, 0.3) is 0 Å². The summed E-state index contributed by atoms with van der Waals surface area (Å²) >= 11 is 26.0. The van der Waals surface area contributed by atoms with E-state index in [4.69, 9.17) is 55.9 Å². The molecule has 0 radical (unpaired) electrons. The number of rotatable bonds is 8. The van der Waals surface area contributed by atoms with Gasteiger partial charge in [0.1, 0.15) is 33.7 Å². The van der Waals surface area contributed by atoms with E-state index in [2.05, 4.69) is 41.9 Å². The van der Waals surface area contributed by atoms with Crippen molar-refractivity contribution in [3.8, 4) is 11.5 Å². The summed E-state index contributed by atoms with van der Waals surface area (Å²) in [5, 5.41) is 0. The highest BCUT2D eigenvalue weighted by atomic mass is 79.9. The maximum atomic E-state index is 5.65. The van der Waals surface area contributed by atoms with Crippen molar-refractivity contribution >= 4 is 62.3 Å². The molecule has 0 aromatic heterocycles. The Kier molecular flexibility index (Phi) is 9.52. The fourth-order valence-electron chi connectivity index (χ4n) is 2.70. The van der Waals surface area contributed by atoms with E-state index in [1.165, 1.54) is 11.1 Å². The van der Waals surface area contributed by atoms with Crippen molar-refractivity contribution in [2.75, 3.05) is 13.2 Å². The van der Waals surface area contributed by atoms with Crippen LogP contribution in [0.5, 0.6) is 11.5 Å². The van der Waals surface area contributed by atoms with Crippen LogP contribution < -0.4 is 9.47 Å². The predicted molar refractivity (Wildman–Crippen MR) is 123 cm³/mol. The maximum absolute atomic E-state index is 5.65. The number of hydrogen-bond donors (Lipinski definition) is 0. The van der Waals surface area contributed by atoms with Gasteiger partial charge in [0.25, 0.3) is 0 Å². The molecule has 150 valence electrons. The second-order valence-electron chi connectivity index (χ2n) is 6.04. The third kappa shape index (κ3) is 7.20. The quantitative estimate of drug-likeness (QED) is 0.345. The van der Waals surface area contributed by atoms with Gasteiger partial charge in [-0.25, -0.2) is 0 Å². The minimum absolute atomic E-state index is 0.186. The van der Waals surface area contributed by atoms with Crippen LogP contribution in [0.2, 0.25) is 0 Å². The Labute approximate surface area is 194 Å². The number of aryl methyl sites for hydroxylation is 1. The van der Waals surface area contributed by atoms with E-state index in [9.17, 15) is 0 Å². The third-order valence-electron chi connectivity index (χ3n) is 4.13. The van der Waals surface area contributed by atoms with E-state index in [0.717, 1.165) is 21.5 Å². The summed E-state index contributed by atoms with van der Waals surface area (Å²) in [7, 11) is 0. The van der Waals surface area contributed by atoms with Crippen LogP contribution >= 0.6 is 62.3 Å². The summed E-state index contributed by atoms with van der Waals surface area (Å²) in [5.74, 6) is 1.71. The molecule has 0 aliphatic heterocycles. The molecule has 2 nitrogen and oxygen atoms in total. The lowest BCUT2D eigenvalue weighted by Gasteiger charge is -2.18. The van der Waals surface area contributed by atoms with Gasteiger partial charge in [-0.15, -0.1) is 0 Å². The lowest BCUT2D eigenvalue weighted by atomic mass is 9.90. The average molecular weight is 525 g/mol. The zero-order chi connectivity index (χ0) is 20.7. The molecule has 0 fully saturated rings. The van der Waals surface area contributed by atoms with Crippen LogP contribution in [-0.2, 0) is 0 Å². The minimum Gasteiger partial charge on any atom is -0.489 e. The number of ether oxygens (including phenoxy) is 2. The van der Waals surface area contributed by atoms with Gasteiger partial charge in [0, 0.05) is 5.92 Å². The van der Waals surface area contributed by atoms with Crippen molar-refractivity contribution in [1.29, 1.82) is 0 Å². The van der Waals surface area contributed by atoms with Crippen LogP contribution in [0.15, 0.2) is 62.0 Å². The number of benzene rings is 2. The molecule has 0 saturated heterocycles. The Hall–Kier alpha value is -0.840. The topological polar surface area (TPSA) is 18.5 Å². The third-order valence-corrected chi connectivity index (χ3v) is 5.36. The average Bonchev–Trinajstić information content (AvgIpc) is 2.62. The predicted octanol–water partition coefficient (Wildman–Crippen LogP) is 8.30. The fraction of sp³-hybridized carbons (Fsp3) is 0.238. The first-order chi connectivity index (χ1) is 13.3. The molecule has 0 bridgehead atoms. The molecule has 2 rings (SSSR count). The van der Waals surface area contributed by atoms with E-state index in [1.54, 1.807) is 12.2 Å². The van der Waals surface area contributed by atoms with Crippen LogP contribution in [0.3, 0.4) is 0 Å². The highest BCUT2D eigenvalue weighted by Crippen LogP contribution is 2.34. The van der Waals surface area contributed by atoms with E-state index in [1.807, 2.05) is 24.3 Å². The molecule has 1 unspecified atom stereocenters. The number of hydrogen-bond acceptors (Lipinski definition) is 2. The largest absolute Gasteiger partial charge is 0.489 e. The van der Waals surface area contributed by atoms with E-state index < -0.39 is 0 Å². The molecule has 7 heteroatoms. The highest BCUT2D eigenvalue weighted by Gasteiger charge is 2.14. The summed E-state index contributed by atoms with van der Waals surface area (Å²) in [6, 6.07) is 12.1. The van der Waals surface area contributed by atoms with Crippen molar-refractivity contribution in [3.05, 3.63) is 78.7 Å². The van der Waals surface area contributed by atoms with E-state index in [0.29, 0.717) is 13.2 Å². The van der Waals surface area contributed by atoms with Crippen LogP contribution in [0.1, 0.15) is 29.5 Å². The summed E-state index contributed by atoms with van der Waals surface area (Å²) in [4.78, 5) is 0. The molecule has 0 spiro atoms. The van der Waals surface area contributed by atoms with Gasteiger partial charge in [-0.05, 0) is 76.0 Å². The zero-order valence-electron chi connectivity index (χ0n) is 15.3. The lowest BCUT2D eigenvalue weighted by molar-refractivity contribution is 0.360. The first-order valence-electron chi connectivity index (χ1n) is 8.46. The van der Waals surface area contributed by atoms with Crippen LogP contribution in [0, 0.1) is 6.92 Å². The SMILES string of the molecule is Cc1cc(OCC=C(Cl)Cl)ccc1C(C)c1ccc(OCC=C(Cl)Cl)c(Br)c1. The van der Waals surface area contributed by atoms with Gasteiger partial charge in [0.2, 0.25) is 0 Å². The van der Waals surface area contributed by atoms with Crippen molar-refractivity contribution in [2.24, 2.45) is 0 Å². The van der Waals surface area contributed by atoms with E-state index >= 15 is 0 Å². The fourth-order valence-corrected chi connectivity index (χ4v) is 3.47. The van der Waals surface area contributed by atoms with Gasteiger partial charge in [-0.2, -0.15) is 0 Å². The standard InChI is InChI=1S/C21H19BrCl4O2/c1-13-11-16(27-9-7-20(23)24)4-5-17(13)14(2)15-3-6-19(18(22)12-15)28-10-8-21(25)26/h3-8,11-12,14H,9-10H2,1-2H3. The van der Waals surface area contributed by atoms with Crippen molar-refractivity contribution in [1.82, 2.24) is 0 Å². The van der Waals surface area contributed by atoms with Crippen LogP contribution in [-0.4, -0.2) is 13.2 Å². The van der Waals surface area contributed by atoms with E-state index in [-0.39, 0.29) is 14.9 Å². The van der Waals surface area contributed by atoms with Crippen LogP contribution in [0.4, 0.5) is 0 Å². The second-order valence-corrected chi connectivity index (χ2v) is 8.91. The Bertz CT molecular complexity index is 873. The Morgan fingerprint density at radius 1 is 0.964 bits per heavy atom. The normalized spacial score (nSPS) is 11.5. The molecule has 2 aromatic rings.